The van der Waals surface area contributed by atoms with E-state index >= 15 is 0 Å². The number of hydrogen-bond acceptors (Lipinski definition) is 4. The molecule has 0 bridgehead atoms. The van der Waals surface area contributed by atoms with Crippen molar-refractivity contribution in [1.29, 1.82) is 0 Å². The van der Waals surface area contributed by atoms with Crippen LogP contribution in [0.1, 0.15) is 22.8 Å². The lowest BCUT2D eigenvalue weighted by Crippen LogP contribution is -2.03. The van der Waals surface area contributed by atoms with E-state index in [-0.39, 0.29) is 6.79 Å². The van der Waals surface area contributed by atoms with E-state index in [0.717, 1.165) is 21.2 Å². The summed E-state index contributed by atoms with van der Waals surface area (Å²) in [6.07, 6.45) is -0.800. The van der Waals surface area contributed by atoms with Crippen LogP contribution in [0.15, 0.2) is 34.8 Å². The Morgan fingerprint density at radius 2 is 2.05 bits per heavy atom. The van der Waals surface area contributed by atoms with Gasteiger partial charge in [0.15, 0.2) is 11.5 Å². The zero-order chi connectivity index (χ0) is 15.0. The lowest BCUT2D eigenvalue weighted by atomic mass is 9.98. The topological polar surface area (TPSA) is 47.9 Å². The van der Waals surface area contributed by atoms with Gasteiger partial charge < -0.3 is 19.3 Å². The summed E-state index contributed by atoms with van der Waals surface area (Å²) in [7, 11) is 1.59. The molecule has 2 aromatic rings. The second kappa shape index (κ2) is 5.58. The van der Waals surface area contributed by atoms with Crippen LogP contribution >= 0.6 is 15.9 Å². The number of hydrogen-bond donors (Lipinski definition) is 1. The van der Waals surface area contributed by atoms with Gasteiger partial charge in [-0.3, -0.25) is 0 Å². The Balaban J connectivity index is 2.05. The lowest BCUT2D eigenvalue weighted by Gasteiger charge is -2.17. The SMILES string of the molecule is COc1ccc(C)cc1C(O)c1cc(Br)c2c(c1)OCO2. The molecular formula is C16H15BrO4. The molecule has 1 atom stereocenters. The van der Waals surface area contributed by atoms with E-state index in [4.69, 9.17) is 14.2 Å². The summed E-state index contributed by atoms with van der Waals surface area (Å²) in [5, 5.41) is 10.7. The molecule has 0 amide bonds. The van der Waals surface area contributed by atoms with Crippen molar-refractivity contribution in [3.63, 3.8) is 0 Å². The highest BCUT2D eigenvalue weighted by Gasteiger charge is 2.23. The van der Waals surface area contributed by atoms with E-state index in [1.807, 2.05) is 31.2 Å². The Morgan fingerprint density at radius 3 is 2.81 bits per heavy atom. The maximum Gasteiger partial charge on any atom is 0.231 e. The molecule has 0 saturated carbocycles. The number of rotatable bonds is 3. The summed E-state index contributed by atoms with van der Waals surface area (Å²) in [5.74, 6) is 1.95. The van der Waals surface area contributed by atoms with Crippen LogP contribution in [0.3, 0.4) is 0 Å². The van der Waals surface area contributed by atoms with Gasteiger partial charge in [0, 0.05) is 5.56 Å². The van der Waals surface area contributed by atoms with Crippen molar-refractivity contribution < 1.29 is 19.3 Å². The molecule has 0 fully saturated rings. The Morgan fingerprint density at radius 1 is 1.24 bits per heavy atom. The van der Waals surface area contributed by atoms with Crippen LogP contribution in [0.25, 0.3) is 0 Å². The second-order valence-corrected chi connectivity index (χ2v) is 5.74. The fourth-order valence-corrected chi connectivity index (χ4v) is 2.97. The molecule has 0 spiro atoms. The standard InChI is InChI=1S/C16H15BrO4/c1-9-3-4-13(19-2)11(5-9)15(18)10-6-12(17)16-14(7-10)20-8-21-16/h3-7,15,18H,8H2,1-2H3. The summed E-state index contributed by atoms with van der Waals surface area (Å²) in [6, 6.07) is 9.35. The van der Waals surface area contributed by atoms with Gasteiger partial charge in [0.1, 0.15) is 11.9 Å². The van der Waals surface area contributed by atoms with E-state index in [1.54, 1.807) is 13.2 Å². The Hall–Kier alpha value is -1.72. The van der Waals surface area contributed by atoms with Crippen molar-refractivity contribution >= 4 is 15.9 Å². The summed E-state index contributed by atoms with van der Waals surface area (Å²) in [6.45, 7) is 2.17. The van der Waals surface area contributed by atoms with Gasteiger partial charge in [0.05, 0.1) is 11.6 Å². The molecule has 0 saturated heterocycles. The van der Waals surface area contributed by atoms with Gasteiger partial charge in [0.25, 0.3) is 0 Å². The molecule has 21 heavy (non-hydrogen) atoms. The molecule has 0 aromatic heterocycles. The highest BCUT2D eigenvalue weighted by molar-refractivity contribution is 9.10. The van der Waals surface area contributed by atoms with Crippen LogP contribution in [0.4, 0.5) is 0 Å². The first-order chi connectivity index (χ1) is 10.1. The molecular weight excluding hydrogens is 336 g/mol. The number of aliphatic hydroxyl groups excluding tert-OH is 1. The molecule has 110 valence electrons. The summed E-state index contributed by atoms with van der Waals surface area (Å²) >= 11 is 3.44. The predicted molar refractivity (Wildman–Crippen MR) is 82.1 cm³/mol. The van der Waals surface area contributed by atoms with E-state index < -0.39 is 6.10 Å². The minimum Gasteiger partial charge on any atom is -0.496 e. The fraction of sp³-hybridized carbons (Fsp3) is 0.250. The van der Waals surface area contributed by atoms with E-state index in [9.17, 15) is 5.11 Å². The normalized spacial score (nSPS) is 14.1. The number of aryl methyl sites for hydroxylation is 1. The second-order valence-electron chi connectivity index (χ2n) is 4.88. The molecule has 5 heteroatoms. The quantitative estimate of drug-likeness (QED) is 0.918. The Labute approximate surface area is 131 Å². The molecule has 1 aliphatic heterocycles. The third-order valence-corrected chi connectivity index (χ3v) is 4.03. The minimum absolute atomic E-state index is 0.196. The third kappa shape index (κ3) is 2.59. The first-order valence-corrected chi connectivity index (χ1v) is 7.31. The minimum atomic E-state index is -0.800. The number of fused-ring (bicyclic) bond motifs is 1. The zero-order valence-corrected chi connectivity index (χ0v) is 13.3. The average molecular weight is 351 g/mol. The molecule has 0 aliphatic carbocycles. The van der Waals surface area contributed by atoms with Gasteiger partial charge in [-0.2, -0.15) is 0 Å². The molecule has 2 aromatic carbocycles. The van der Waals surface area contributed by atoms with Crippen LogP contribution in [-0.4, -0.2) is 19.0 Å². The fourth-order valence-electron chi connectivity index (χ4n) is 2.39. The van der Waals surface area contributed by atoms with Gasteiger partial charge in [-0.25, -0.2) is 0 Å². The van der Waals surface area contributed by atoms with Crippen molar-refractivity contribution in [3.05, 3.63) is 51.5 Å². The summed E-state index contributed by atoms with van der Waals surface area (Å²) in [5.41, 5.74) is 2.50. The van der Waals surface area contributed by atoms with Gasteiger partial charge in [-0.05, 0) is 52.7 Å². The summed E-state index contributed by atoms with van der Waals surface area (Å²) < 4.78 is 16.9. The number of benzene rings is 2. The molecule has 1 N–H and O–H groups in total. The Kier molecular flexibility index (Phi) is 3.78. The molecule has 4 nitrogen and oxygen atoms in total. The van der Waals surface area contributed by atoms with Crippen molar-refractivity contribution in [1.82, 2.24) is 0 Å². The smallest absolute Gasteiger partial charge is 0.231 e. The summed E-state index contributed by atoms with van der Waals surface area (Å²) in [4.78, 5) is 0. The first-order valence-electron chi connectivity index (χ1n) is 6.52. The maximum absolute atomic E-state index is 10.7. The maximum atomic E-state index is 10.7. The highest BCUT2D eigenvalue weighted by Crippen LogP contribution is 2.43. The number of aliphatic hydroxyl groups is 1. The van der Waals surface area contributed by atoms with Gasteiger partial charge in [-0.15, -0.1) is 0 Å². The largest absolute Gasteiger partial charge is 0.496 e. The van der Waals surface area contributed by atoms with Crippen LogP contribution in [0, 0.1) is 6.92 Å². The van der Waals surface area contributed by atoms with E-state index in [0.29, 0.717) is 17.2 Å². The predicted octanol–water partition coefficient (Wildman–Crippen LogP) is 3.58. The number of halogens is 1. The highest BCUT2D eigenvalue weighted by atomic mass is 79.9. The van der Waals surface area contributed by atoms with Gasteiger partial charge >= 0.3 is 0 Å². The van der Waals surface area contributed by atoms with E-state index in [1.165, 1.54) is 0 Å². The van der Waals surface area contributed by atoms with Crippen molar-refractivity contribution in [2.24, 2.45) is 0 Å². The average Bonchev–Trinajstić information content (AvgIpc) is 2.95. The van der Waals surface area contributed by atoms with Crippen molar-refractivity contribution in [3.8, 4) is 17.2 Å². The molecule has 0 radical (unpaired) electrons. The lowest BCUT2D eigenvalue weighted by molar-refractivity contribution is 0.173. The van der Waals surface area contributed by atoms with Crippen LogP contribution in [-0.2, 0) is 0 Å². The van der Waals surface area contributed by atoms with Crippen molar-refractivity contribution in [2.45, 2.75) is 13.0 Å². The molecule has 1 unspecified atom stereocenters. The van der Waals surface area contributed by atoms with Crippen LogP contribution in [0.2, 0.25) is 0 Å². The molecule has 3 rings (SSSR count). The van der Waals surface area contributed by atoms with Crippen LogP contribution < -0.4 is 14.2 Å². The third-order valence-electron chi connectivity index (χ3n) is 3.45. The zero-order valence-electron chi connectivity index (χ0n) is 11.7. The Bertz CT molecular complexity index is 684. The number of ether oxygens (including phenoxy) is 3. The molecule has 1 aliphatic rings. The first kappa shape index (κ1) is 14.2. The van der Waals surface area contributed by atoms with E-state index in [2.05, 4.69) is 15.9 Å². The monoisotopic (exact) mass is 350 g/mol. The number of methoxy groups -OCH3 is 1. The molecule has 1 heterocycles. The van der Waals surface area contributed by atoms with Gasteiger partial charge in [-0.1, -0.05) is 11.6 Å². The van der Waals surface area contributed by atoms with Gasteiger partial charge in [0.2, 0.25) is 6.79 Å². The van der Waals surface area contributed by atoms with Crippen molar-refractivity contribution in [2.75, 3.05) is 13.9 Å². The van der Waals surface area contributed by atoms with Crippen LogP contribution in [0.5, 0.6) is 17.2 Å².